The van der Waals surface area contributed by atoms with E-state index in [4.69, 9.17) is 14.2 Å². The van der Waals surface area contributed by atoms with Crippen molar-refractivity contribution in [3.8, 4) is 0 Å². The molecule has 18 heavy (non-hydrogen) atoms. The molecule has 0 amide bonds. The summed E-state index contributed by atoms with van der Waals surface area (Å²) in [5.74, 6) is -0.569. The van der Waals surface area contributed by atoms with Crippen molar-refractivity contribution in [1.82, 2.24) is 0 Å². The maximum atomic E-state index is 11.4. The van der Waals surface area contributed by atoms with Crippen molar-refractivity contribution in [2.24, 2.45) is 5.92 Å². The van der Waals surface area contributed by atoms with Crippen molar-refractivity contribution >= 4 is 11.9 Å². The van der Waals surface area contributed by atoms with Crippen LogP contribution in [0, 0.1) is 5.92 Å². The van der Waals surface area contributed by atoms with Crippen molar-refractivity contribution in [3.05, 3.63) is 12.2 Å². The van der Waals surface area contributed by atoms with Crippen LogP contribution in [0.3, 0.4) is 0 Å². The van der Waals surface area contributed by atoms with Crippen LogP contribution in [0.5, 0.6) is 0 Å². The lowest BCUT2D eigenvalue weighted by molar-refractivity contribution is -0.195. The number of hydrogen-bond acceptors (Lipinski definition) is 5. The zero-order chi connectivity index (χ0) is 13.3. The van der Waals surface area contributed by atoms with Crippen molar-refractivity contribution in [2.45, 2.75) is 51.6 Å². The topological polar surface area (TPSA) is 61.8 Å². The minimum absolute atomic E-state index is 0.0307. The van der Waals surface area contributed by atoms with Crippen LogP contribution in [0.2, 0.25) is 0 Å². The smallest absolute Gasteiger partial charge is 0.335 e. The standard InChI is InChI=1S/C13H18O5/c1-7(2)12(14)17-8(3)16-10-5-4-9-6-11(10)18-13(9)15/h8-11H,1,4-6H2,2-3H3. The Morgan fingerprint density at radius 2 is 2.22 bits per heavy atom. The SMILES string of the molecule is C=C(C)C(=O)OC(C)OC1CCC2CC1OC2=O. The van der Waals surface area contributed by atoms with E-state index >= 15 is 0 Å². The molecule has 5 heteroatoms. The zero-order valence-corrected chi connectivity index (χ0v) is 10.7. The predicted molar refractivity (Wildman–Crippen MR) is 62.5 cm³/mol. The number of fused-ring (bicyclic) bond motifs is 2. The summed E-state index contributed by atoms with van der Waals surface area (Å²) in [7, 11) is 0. The fourth-order valence-electron chi connectivity index (χ4n) is 2.37. The minimum Gasteiger partial charge on any atom is -0.459 e. The van der Waals surface area contributed by atoms with Crippen molar-refractivity contribution in [2.75, 3.05) is 0 Å². The normalized spacial score (nSPS) is 31.7. The Morgan fingerprint density at radius 3 is 2.89 bits per heavy atom. The summed E-state index contributed by atoms with van der Waals surface area (Å²) in [6.07, 6.45) is 1.22. The van der Waals surface area contributed by atoms with Gasteiger partial charge >= 0.3 is 11.9 Å². The Kier molecular flexibility index (Phi) is 3.71. The third-order valence-electron chi connectivity index (χ3n) is 3.32. The van der Waals surface area contributed by atoms with Crippen molar-refractivity contribution in [1.29, 1.82) is 0 Å². The lowest BCUT2D eigenvalue weighted by Gasteiger charge is -2.28. The summed E-state index contributed by atoms with van der Waals surface area (Å²) < 4.78 is 15.9. The molecule has 0 aromatic carbocycles. The molecule has 4 atom stereocenters. The fourth-order valence-corrected chi connectivity index (χ4v) is 2.37. The van der Waals surface area contributed by atoms with E-state index in [9.17, 15) is 9.59 Å². The zero-order valence-electron chi connectivity index (χ0n) is 10.7. The van der Waals surface area contributed by atoms with Gasteiger partial charge in [0.15, 0.2) is 0 Å². The molecule has 0 radical (unpaired) electrons. The highest BCUT2D eigenvalue weighted by Gasteiger charge is 2.44. The van der Waals surface area contributed by atoms with Crippen LogP contribution in [0.25, 0.3) is 0 Å². The second-order valence-electron chi connectivity index (χ2n) is 4.91. The maximum Gasteiger partial charge on any atom is 0.335 e. The Labute approximate surface area is 106 Å². The molecule has 2 fully saturated rings. The molecule has 1 aliphatic carbocycles. The van der Waals surface area contributed by atoms with Gasteiger partial charge in [-0.05, 0) is 26.7 Å². The molecular weight excluding hydrogens is 236 g/mol. The molecule has 1 aliphatic heterocycles. The molecule has 4 unspecified atom stereocenters. The van der Waals surface area contributed by atoms with E-state index in [-0.39, 0.29) is 24.1 Å². The summed E-state index contributed by atoms with van der Waals surface area (Å²) in [4.78, 5) is 22.7. The molecule has 2 rings (SSSR count). The molecule has 0 aromatic rings. The van der Waals surface area contributed by atoms with Crippen LogP contribution >= 0.6 is 0 Å². The van der Waals surface area contributed by atoms with Gasteiger partial charge in [-0.2, -0.15) is 0 Å². The third kappa shape index (κ3) is 2.72. The van der Waals surface area contributed by atoms with E-state index in [1.807, 2.05) is 0 Å². The van der Waals surface area contributed by atoms with Crippen LogP contribution in [-0.4, -0.2) is 30.4 Å². The van der Waals surface area contributed by atoms with Gasteiger partial charge in [0, 0.05) is 12.0 Å². The highest BCUT2D eigenvalue weighted by atomic mass is 16.7. The largest absolute Gasteiger partial charge is 0.459 e. The fraction of sp³-hybridized carbons (Fsp3) is 0.692. The van der Waals surface area contributed by atoms with E-state index in [0.29, 0.717) is 12.0 Å². The van der Waals surface area contributed by atoms with Gasteiger partial charge in [-0.3, -0.25) is 4.79 Å². The first-order chi connectivity index (χ1) is 8.47. The first-order valence-corrected chi connectivity index (χ1v) is 6.20. The van der Waals surface area contributed by atoms with Crippen molar-refractivity contribution in [3.63, 3.8) is 0 Å². The summed E-state index contributed by atoms with van der Waals surface area (Å²) in [6, 6.07) is 0. The number of ether oxygens (including phenoxy) is 3. The highest BCUT2D eigenvalue weighted by Crippen LogP contribution is 2.36. The Bertz CT molecular complexity index is 376. The van der Waals surface area contributed by atoms with Gasteiger partial charge in [-0.15, -0.1) is 0 Å². The number of carbonyl (C=O) groups excluding carboxylic acids is 2. The van der Waals surface area contributed by atoms with E-state index < -0.39 is 12.3 Å². The first kappa shape index (κ1) is 13.1. The summed E-state index contributed by atoms with van der Waals surface area (Å²) in [6.45, 7) is 6.74. The Hall–Kier alpha value is -1.36. The van der Waals surface area contributed by atoms with E-state index in [2.05, 4.69) is 6.58 Å². The van der Waals surface area contributed by atoms with E-state index in [1.165, 1.54) is 0 Å². The monoisotopic (exact) mass is 254 g/mol. The molecule has 100 valence electrons. The molecule has 2 bridgehead atoms. The van der Waals surface area contributed by atoms with Gasteiger partial charge < -0.3 is 14.2 Å². The molecule has 1 heterocycles. The first-order valence-electron chi connectivity index (χ1n) is 6.20. The van der Waals surface area contributed by atoms with Gasteiger partial charge in [-0.25, -0.2) is 4.79 Å². The van der Waals surface area contributed by atoms with Crippen molar-refractivity contribution < 1.29 is 23.8 Å². The summed E-state index contributed by atoms with van der Waals surface area (Å²) in [5.41, 5.74) is 0.335. The van der Waals surface area contributed by atoms with Gasteiger partial charge in [0.2, 0.25) is 6.29 Å². The average molecular weight is 254 g/mol. The lowest BCUT2D eigenvalue weighted by Crippen LogP contribution is -2.35. The number of rotatable bonds is 4. The van der Waals surface area contributed by atoms with Gasteiger partial charge in [0.05, 0.1) is 12.0 Å². The second-order valence-corrected chi connectivity index (χ2v) is 4.91. The van der Waals surface area contributed by atoms with E-state index in [0.717, 1.165) is 12.8 Å². The molecule has 5 nitrogen and oxygen atoms in total. The summed E-state index contributed by atoms with van der Waals surface area (Å²) in [5, 5.41) is 0. The van der Waals surface area contributed by atoms with Gasteiger partial charge in [0.25, 0.3) is 0 Å². The van der Waals surface area contributed by atoms with Crippen LogP contribution in [-0.2, 0) is 23.8 Å². The third-order valence-corrected chi connectivity index (χ3v) is 3.32. The number of carbonyl (C=O) groups is 2. The Balaban J connectivity index is 1.84. The highest BCUT2D eigenvalue weighted by molar-refractivity contribution is 5.86. The second kappa shape index (κ2) is 5.10. The molecule has 0 spiro atoms. The van der Waals surface area contributed by atoms with Crippen LogP contribution in [0.4, 0.5) is 0 Å². The average Bonchev–Trinajstić information content (AvgIpc) is 2.59. The van der Waals surface area contributed by atoms with Crippen LogP contribution in [0.15, 0.2) is 12.2 Å². The molecule has 1 saturated heterocycles. The molecule has 0 N–H and O–H groups in total. The van der Waals surface area contributed by atoms with E-state index in [1.54, 1.807) is 13.8 Å². The summed E-state index contributed by atoms with van der Waals surface area (Å²) >= 11 is 0. The van der Waals surface area contributed by atoms with Crippen LogP contribution < -0.4 is 0 Å². The van der Waals surface area contributed by atoms with Gasteiger partial charge in [0.1, 0.15) is 6.10 Å². The maximum absolute atomic E-state index is 11.4. The molecular formula is C13H18O5. The lowest BCUT2D eigenvalue weighted by atomic mass is 9.88. The molecule has 1 saturated carbocycles. The van der Waals surface area contributed by atoms with Gasteiger partial charge in [-0.1, -0.05) is 6.58 Å². The minimum atomic E-state index is -0.657. The number of esters is 2. The predicted octanol–water partition coefficient (Wildman–Crippen LogP) is 1.56. The van der Waals surface area contributed by atoms with Crippen LogP contribution in [0.1, 0.15) is 33.1 Å². The number of hydrogen-bond donors (Lipinski definition) is 0. The Morgan fingerprint density at radius 1 is 1.50 bits per heavy atom. The molecule has 2 aliphatic rings. The quantitative estimate of drug-likeness (QED) is 0.433. The molecule has 0 aromatic heterocycles.